The van der Waals surface area contributed by atoms with Gasteiger partial charge in [-0.05, 0) is 42.3 Å². The average molecular weight is 314 g/mol. The van der Waals surface area contributed by atoms with Gasteiger partial charge in [-0.1, -0.05) is 35.9 Å². The fraction of sp³-hybridized carbons (Fsp3) is 0.222. The van der Waals surface area contributed by atoms with E-state index in [9.17, 15) is 5.11 Å². The molecule has 0 bridgehead atoms. The van der Waals surface area contributed by atoms with Gasteiger partial charge in [0.2, 0.25) is 0 Å². The zero-order valence-electron chi connectivity index (χ0n) is 12.2. The second-order valence-electron chi connectivity index (χ2n) is 5.58. The normalized spacial score (nSPS) is 14.0. The Bertz CT molecular complexity index is 723. The van der Waals surface area contributed by atoms with Crippen LogP contribution in [0.25, 0.3) is 9.75 Å². The van der Waals surface area contributed by atoms with E-state index in [1.54, 1.807) is 22.7 Å². The molecule has 0 aliphatic rings. The van der Waals surface area contributed by atoms with E-state index in [4.69, 9.17) is 0 Å². The minimum Gasteiger partial charge on any atom is -0.385 e. The fourth-order valence-corrected chi connectivity index (χ4v) is 4.55. The maximum absolute atomic E-state index is 11.0. The van der Waals surface area contributed by atoms with Crippen molar-refractivity contribution in [1.82, 2.24) is 0 Å². The maximum atomic E-state index is 11.0. The summed E-state index contributed by atoms with van der Waals surface area (Å²) in [6.45, 7) is 3.99. The van der Waals surface area contributed by atoms with Crippen LogP contribution >= 0.6 is 22.7 Å². The summed E-state index contributed by atoms with van der Waals surface area (Å²) in [5, 5.41) is 15.2. The Kier molecular flexibility index (Phi) is 3.98. The monoisotopic (exact) mass is 314 g/mol. The highest BCUT2D eigenvalue weighted by atomic mass is 32.1. The van der Waals surface area contributed by atoms with E-state index in [0.717, 1.165) is 5.56 Å². The van der Waals surface area contributed by atoms with Crippen LogP contribution in [-0.2, 0) is 12.0 Å². The molecule has 1 aromatic carbocycles. The van der Waals surface area contributed by atoms with Gasteiger partial charge in [0.05, 0.1) is 10.5 Å². The molecule has 3 rings (SSSR count). The van der Waals surface area contributed by atoms with Gasteiger partial charge in [0.1, 0.15) is 0 Å². The summed E-state index contributed by atoms with van der Waals surface area (Å²) >= 11 is 3.42. The molecule has 2 aromatic heterocycles. The van der Waals surface area contributed by atoms with Crippen LogP contribution in [0.15, 0.2) is 53.2 Å². The van der Waals surface area contributed by atoms with Crippen molar-refractivity contribution in [2.24, 2.45) is 0 Å². The standard InChI is InChI=1S/C18H18OS2/c1-13-5-3-6-14(11-13)12-18(2,19)15-8-10-21-17(15)16-7-4-9-20-16/h3-11,19H,12H2,1-2H3. The highest BCUT2D eigenvalue weighted by Gasteiger charge is 2.28. The molecular weight excluding hydrogens is 296 g/mol. The first-order chi connectivity index (χ1) is 10.1. The summed E-state index contributed by atoms with van der Waals surface area (Å²) in [5.41, 5.74) is 2.57. The quantitative estimate of drug-likeness (QED) is 0.698. The van der Waals surface area contributed by atoms with Gasteiger partial charge >= 0.3 is 0 Å². The highest BCUT2D eigenvalue weighted by molar-refractivity contribution is 7.20. The van der Waals surface area contributed by atoms with Crippen LogP contribution in [0.2, 0.25) is 0 Å². The summed E-state index contributed by atoms with van der Waals surface area (Å²) in [7, 11) is 0. The third-order valence-corrected chi connectivity index (χ3v) is 5.59. The molecule has 0 fully saturated rings. The second kappa shape index (κ2) is 5.76. The lowest BCUT2D eigenvalue weighted by atomic mass is 9.88. The molecule has 0 aliphatic heterocycles. The summed E-state index contributed by atoms with van der Waals surface area (Å²) in [5.74, 6) is 0. The number of hydrogen-bond acceptors (Lipinski definition) is 3. The molecule has 1 N–H and O–H groups in total. The first-order valence-corrected chi connectivity index (χ1v) is 8.72. The first kappa shape index (κ1) is 14.5. The van der Waals surface area contributed by atoms with Crippen molar-refractivity contribution in [3.63, 3.8) is 0 Å². The molecule has 1 unspecified atom stereocenters. The molecule has 0 radical (unpaired) electrons. The van der Waals surface area contributed by atoms with Crippen molar-refractivity contribution < 1.29 is 5.11 Å². The van der Waals surface area contributed by atoms with E-state index in [1.807, 2.05) is 6.92 Å². The smallest absolute Gasteiger partial charge is 0.0923 e. The zero-order chi connectivity index (χ0) is 14.9. The SMILES string of the molecule is Cc1cccc(CC(C)(O)c2ccsc2-c2cccs2)c1. The Morgan fingerprint density at radius 3 is 2.62 bits per heavy atom. The molecule has 1 atom stereocenters. The van der Waals surface area contributed by atoms with Crippen LogP contribution in [0, 0.1) is 6.92 Å². The van der Waals surface area contributed by atoms with Gasteiger partial charge in [-0.3, -0.25) is 0 Å². The van der Waals surface area contributed by atoms with E-state index >= 15 is 0 Å². The van der Waals surface area contributed by atoms with Crippen molar-refractivity contribution in [2.75, 3.05) is 0 Å². The molecule has 0 amide bonds. The molecule has 2 heterocycles. The maximum Gasteiger partial charge on any atom is 0.0923 e. The summed E-state index contributed by atoms with van der Waals surface area (Å²) in [4.78, 5) is 2.41. The van der Waals surface area contributed by atoms with Crippen LogP contribution in [-0.4, -0.2) is 5.11 Å². The number of thiophene rings is 2. The van der Waals surface area contributed by atoms with Gasteiger partial charge in [0.15, 0.2) is 0 Å². The van der Waals surface area contributed by atoms with Crippen molar-refractivity contribution >= 4 is 22.7 Å². The number of hydrogen-bond donors (Lipinski definition) is 1. The third-order valence-electron chi connectivity index (χ3n) is 3.62. The van der Waals surface area contributed by atoms with E-state index in [2.05, 4.69) is 60.1 Å². The van der Waals surface area contributed by atoms with Crippen molar-refractivity contribution in [3.8, 4) is 9.75 Å². The molecule has 0 spiro atoms. The second-order valence-corrected chi connectivity index (χ2v) is 7.44. The molecule has 108 valence electrons. The molecule has 0 saturated heterocycles. The Hall–Kier alpha value is -1.42. The lowest BCUT2D eigenvalue weighted by molar-refractivity contribution is 0.0586. The summed E-state index contributed by atoms with van der Waals surface area (Å²) in [6, 6.07) is 14.6. The van der Waals surface area contributed by atoms with Crippen molar-refractivity contribution in [3.05, 3.63) is 69.9 Å². The van der Waals surface area contributed by atoms with Crippen molar-refractivity contribution in [2.45, 2.75) is 25.9 Å². The van der Waals surface area contributed by atoms with Crippen LogP contribution in [0.5, 0.6) is 0 Å². The van der Waals surface area contributed by atoms with Gasteiger partial charge in [0, 0.05) is 16.9 Å². The van der Waals surface area contributed by atoms with Crippen LogP contribution in [0.4, 0.5) is 0 Å². The third kappa shape index (κ3) is 3.10. The highest BCUT2D eigenvalue weighted by Crippen LogP contribution is 2.39. The van der Waals surface area contributed by atoms with Gasteiger partial charge < -0.3 is 5.11 Å². The lowest BCUT2D eigenvalue weighted by Crippen LogP contribution is -2.24. The van der Waals surface area contributed by atoms with E-state index in [0.29, 0.717) is 6.42 Å². The van der Waals surface area contributed by atoms with E-state index in [1.165, 1.54) is 20.9 Å². The number of aliphatic hydroxyl groups is 1. The van der Waals surface area contributed by atoms with E-state index in [-0.39, 0.29) is 0 Å². The molecule has 1 nitrogen and oxygen atoms in total. The zero-order valence-corrected chi connectivity index (χ0v) is 13.8. The number of rotatable bonds is 4. The van der Waals surface area contributed by atoms with Gasteiger partial charge in [-0.15, -0.1) is 22.7 Å². The van der Waals surface area contributed by atoms with Gasteiger partial charge in [0.25, 0.3) is 0 Å². The Morgan fingerprint density at radius 2 is 1.90 bits per heavy atom. The predicted octanol–water partition coefficient (Wildman–Crippen LogP) is 5.24. The summed E-state index contributed by atoms with van der Waals surface area (Å²) < 4.78 is 0. The first-order valence-electron chi connectivity index (χ1n) is 6.96. The minimum atomic E-state index is -0.854. The molecule has 3 heteroatoms. The fourth-order valence-electron chi connectivity index (χ4n) is 2.65. The Balaban J connectivity index is 1.94. The predicted molar refractivity (Wildman–Crippen MR) is 92.1 cm³/mol. The van der Waals surface area contributed by atoms with Crippen LogP contribution in [0.1, 0.15) is 23.6 Å². The molecular formula is C18H18OS2. The van der Waals surface area contributed by atoms with Crippen LogP contribution < -0.4 is 0 Å². The van der Waals surface area contributed by atoms with Crippen LogP contribution in [0.3, 0.4) is 0 Å². The molecule has 3 aromatic rings. The number of benzene rings is 1. The van der Waals surface area contributed by atoms with Gasteiger partial charge in [-0.25, -0.2) is 0 Å². The minimum absolute atomic E-state index is 0.629. The molecule has 21 heavy (non-hydrogen) atoms. The largest absolute Gasteiger partial charge is 0.385 e. The number of aryl methyl sites for hydroxylation is 1. The van der Waals surface area contributed by atoms with Crippen molar-refractivity contribution in [1.29, 1.82) is 0 Å². The lowest BCUT2D eigenvalue weighted by Gasteiger charge is -2.24. The average Bonchev–Trinajstić information content (AvgIpc) is 3.09. The van der Waals surface area contributed by atoms with Gasteiger partial charge in [-0.2, -0.15) is 0 Å². The summed E-state index contributed by atoms with van der Waals surface area (Å²) in [6.07, 6.45) is 0.629. The molecule has 0 saturated carbocycles. The van der Waals surface area contributed by atoms with E-state index < -0.39 is 5.60 Å². The Morgan fingerprint density at radius 1 is 1.05 bits per heavy atom. The Labute approximate surface area is 133 Å². The topological polar surface area (TPSA) is 20.2 Å². The molecule has 0 aliphatic carbocycles.